The van der Waals surface area contributed by atoms with Crippen molar-refractivity contribution < 1.29 is 9.84 Å². The van der Waals surface area contributed by atoms with Crippen molar-refractivity contribution in [3.05, 3.63) is 0 Å². The molecule has 3 nitrogen and oxygen atoms in total. The van der Waals surface area contributed by atoms with Crippen molar-refractivity contribution >= 4 is 0 Å². The van der Waals surface area contributed by atoms with E-state index in [4.69, 9.17) is 9.84 Å². The molecule has 1 aliphatic rings. The highest BCUT2D eigenvalue weighted by Gasteiger charge is 2.26. The largest absolute Gasteiger partial charge is 0.396 e. The smallest absolute Gasteiger partial charge is 0.0624 e. The Kier molecular flexibility index (Phi) is 3.83. The van der Waals surface area contributed by atoms with Crippen LogP contribution in [0.4, 0.5) is 0 Å². The highest BCUT2D eigenvalue weighted by Crippen LogP contribution is 2.12. The molecule has 1 heterocycles. The Bertz CT molecular complexity index is 108. The topological polar surface area (TPSA) is 41.5 Å². The molecule has 2 atom stereocenters. The summed E-state index contributed by atoms with van der Waals surface area (Å²) >= 11 is 0. The maximum atomic E-state index is 8.92. The number of aliphatic hydroxyl groups is 1. The third kappa shape index (κ3) is 2.43. The Balaban J connectivity index is 2.20. The summed E-state index contributed by atoms with van der Waals surface area (Å²) < 4.78 is 5.24. The van der Waals surface area contributed by atoms with Gasteiger partial charge < -0.3 is 15.2 Å². The number of ether oxygens (including phenoxy) is 1. The second-order valence-corrected chi connectivity index (χ2v) is 3.04. The molecule has 1 saturated heterocycles. The van der Waals surface area contributed by atoms with Gasteiger partial charge in [0.1, 0.15) is 0 Å². The molecule has 11 heavy (non-hydrogen) atoms. The van der Waals surface area contributed by atoms with Gasteiger partial charge in [0.15, 0.2) is 0 Å². The summed E-state index contributed by atoms with van der Waals surface area (Å²) in [5.41, 5.74) is 0. The molecule has 0 aromatic rings. The highest BCUT2D eigenvalue weighted by atomic mass is 16.5. The molecular formula is C8H17NO2. The second kappa shape index (κ2) is 4.70. The first-order valence-corrected chi connectivity index (χ1v) is 4.30. The van der Waals surface area contributed by atoms with E-state index in [1.807, 2.05) is 0 Å². The van der Waals surface area contributed by atoms with Gasteiger partial charge in [0.2, 0.25) is 0 Å². The molecule has 0 bridgehead atoms. The van der Waals surface area contributed by atoms with Gasteiger partial charge in [-0.05, 0) is 13.0 Å². The zero-order chi connectivity index (χ0) is 8.10. The van der Waals surface area contributed by atoms with Crippen LogP contribution in [0.1, 0.15) is 13.3 Å². The summed E-state index contributed by atoms with van der Waals surface area (Å²) in [5, 5.41) is 12.3. The molecular weight excluding hydrogens is 142 g/mol. The van der Waals surface area contributed by atoms with Crippen molar-refractivity contribution in [2.45, 2.75) is 19.4 Å². The minimum atomic E-state index is 0.237. The molecule has 0 radical (unpaired) electrons. The Hall–Kier alpha value is -0.120. The molecule has 0 aromatic carbocycles. The van der Waals surface area contributed by atoms with E-state index in [1.54, 1.807) is 0 Å². The molecule has 0 aromatic heterocycles. The molecule has 66 valence electrons. The van der Waals surface area contributed by atoms with E-state index in [0.717, 1.165) is 19.6 Å². The zero-order valence-corrected chi connectivity index (χ0v) is 7.05. The molecule has 1 aliphatic heterocycles. The zero-order valence-electron chi connectivity index (χ0n) is 7.05. The fourth-order valence-electron chi connectivity index (χ4n) is 1.33. The molecule has 0 amide bonds. The molecule has 3 heteroatoms. The predicted octanol–water partition coefficient (Wildman–Crippen LogP) is -0.00670. The fraction of sp³-hybridized carbons (Fsp3) is 1.00. The average molecular weight is 159 g/mol. The monoisotopic (exact) mass is 159 g/mol. The first-order chi connectivity index (χ1) is 5.38. The third-order valence-electron chi connectivity index (χ3n) is 2.09. The standard InChI is InChI=1S/C8H17NO2/c1-2-3-9-8-6-11-5-7(8)4-10/h7-10H,2-6H2,1H3. The number of nitrogens with one attached hydrogen (secondary N) is 1. The fourth-order valence-corrected chi connectivity index (χ4v) is 1.33. The van der Waals surface area contributed by atoms with Gasteiger partial charge in [-0.3, -0.25) is 0 Å². The lowest BCUT2D eigenvalue weighted by atomic mass is 10.1. The van der Waals surface area contributed by atoms with Gasteiger partial charge in [0, 0.05) is 18.6 Å². The molecule has 1 fully saturated rings. The van der Waals surface area contributed by atoms with E-state index in [1.165, 1.54) is 0 Å². The van der Waals surface area contributed by atoms with Gasteiger partial charge in [-0.25, -0.2) is 0 Å². The van der Waals surface area contributed by atoms with E-state index >= 15 is 0 Å². The third-order valence-corrected chi connectivity index (χ3v) is 2.09. The van der Waals surface area contributed by atoms with E-state index in [9.17, 15) is 0 Å². The summed E-state index contributed by atoms with van der Waals surface area (Å²) in [4.78, 5) is 0. The molecule has 0 spiro atoms. The van der Waals surface area contributed by atoms with Gasteiger partial charge in [-0.15, -0.1) is 0 Å². The van der Waals surface area contributed by atoms with Gasteiger partial charge in [0.05, 0.1) is 13.2 Å². The van der Waals surface area contributed by atoms with Crippen LogP contribution in [-0.2, 0) is 4.74 Å². The number of rotatable bonds is 4. The van der Waals surface area contributed by atoms with Crippen molar-refractivity contribution in [1.82, 2.24) is 5.32 Å². The van der Waals surface area contributed by atoms with Gasteiger partial charge in [-0.2, -0.15) is 0 Å². The normalized spacial score (nSPS) is 31.1. The van der Waals surface area contributed by atoms with Gasteiger partial charge in [0.25, 0.3) is 0 Å². The quantitative estimate of drug-likeness (QED) is 0.606. The maximum Gasteiger partial charge on any atom is 0.0624 e. The minimum absolute atomic E-state index is 0.237. The molecule has 2 unspecified atom stereocenters. The Labute approximate surface area is 67.7 Å². The van der Waals surface area contributed by atoms with Gasteiger partial charge >= 0.3 is 0 Å². The van der Waals surface area contributed by atoms with Crippen LogP contribution in [0.25, 0.3) is 0 Å². The first-order valence-electron chi connectivity index (χ1n) is 4.30. The van der Waals surface area contributed by atoms with Crippen molar-refractivity contribution in [3.63, 3.8) is 0 Å². The predicted molar refractivity (Wildman–Crippen MR) is 43.5 cm³/mol. The van der Waals surface area contributed by atoms with E-state index in [-0.39, 0.29) is 6.61 Å². The van der Waals surface area contributed by atoms with Gasteiger partial charge in [-0.1, -0.05) is 6.92 Å². The van der Waals surface area contributed by atoms with Crippen LogP contribution in [0.15, 0.2) is 0 Å². The van der Waals surface area contributed by atoms with Crippen LogP contribution in [0.3, 0.4) is 0 Å². The van der Waals surface area contributed by atoms with Crippen LogP contribution in [-0.4, -0.2) is 37.5 Å². The van der Waals surface area contributed by atoms with Crippen LogP contribution in [0.5, 0.6) is 0 Å². The van der Waals surface area contributed by atoms with Crippen molar-refractivity contribution in [3.8, 4) is 0 Å². The molecule has 0 saturated carbocycles. The second-order valence-electron chi connectivity index (χ2n) is 3.04. The highest BCUT2D eigenvalue weighted by molar-refractivity contribution is 4.80. The van der Waals surface area contributed by atoms with E-state index in [2.05, 4.69) is 12.2 Å². The van der Waals surface area contributed by atoms with Crippen molar-refractivity contribution in [1.29, 1.82) is 0 Å². The molecule has 0 aliphatic carbocycles. The van der Waals surface area contributed by atoms with E-state index < -0.39 is 0 Å². The summed E-state index contributed by atoms with van der Waals surface area (Å²) in [6, 6.07) is 0.375. The lowest BCUT2D eigenvalue weighted by Crippen LogP contribution is -2.37. The summed E-state index contributed by atoms with van der Waals surface area (Å²) in [5.74, 6) is 0.307. The van der Waals surface area contributed by atoms with Crippen molar-refractivity contribution in [2.24, 2.45) is 5.92 Å². The number of hydrogen-bond acceptors (Lipinski definition) is 3. The lowest BCUT2D eigenvalue weighted by Gasteiger charge is -2.15. The molecule has 1 rings (SSSR count). The summed E-state index contributed by atoms with van der Waals surface area (Å²) in [7, 11) is 0. The minimum Gasteiger partial charge on any atom is -0.396 e. The Morgan fingerprint density at radius 3 is 3.00 bits per heavy atom. The number of hydrogen-bond donors (Lipinski definition) is 2. The van der Waals surface area contributed by atoms with E-state index in [0.29, 0.717) is 18.6 Å². The van der Waals surface area contributed by atoms with Crippen LogP contribution in [0, 0.1) is 5.92 Å². The van der Waals surface area contributed by atoms with Crippen LogP contribution < -0.4 is 5.32 Å². The summed E-state index contributed by atoms with van der Waals surface area (Å²) in [6.45, 7) is 4.85. The number of aliphatic hydroxyl groups excluding tert-OH is 1. The Morgan fingerprint density at radius 2 is 2.36 bits per heavy atom. The van der Waals surface area contributed by atoms with Crippen LogP contribution >= 0.6 is 0 Å². The SMILES string of the molecule is CCCNC1COCC1CO. The maximum absolute atomic E-state index is 8.92. The first kappa shape index (κ1) is 8.97. The lowest BCUT2D eigenvalue weighted by molar-refractivity contribution is 0.160. The summed E-state index contributed by atoms with van der Waals surface area (Å²) in [6.07, 6.45) is 1.13. The molecule has 2 N–H and O–H groups in total. The Morgan fingerprint density at radius 1 is 1.55 bits per heavy atom. The average Bonchev–Trinajstić information content (AvgIpc) is 2.47. The van der Waals surface area contributed by atoms with Crippen molar-refractivity contribution in [2.75, 3.05) is 26.4 Å². The van der Waals surface area contributed by atoms with Crippen LogP contribution in [0.2, 0.25) is 0 Å².